The minimum absolute atomic E-state index is 0.153. The Kier molecular flexibility index (Phi) is 2.94. The highest BCUT2D eigenvalue weighted by atomic mass is 32.1. The number of ether oxygens (including phenoxy) is 1. The molecular weight excluding hydrogens is 170 g/mol. The summed E-state index contributed by atoms with van der Waals surface area (Å²) in [6, 6.07) is 0. The van der Waals surface area contributed by atoms with Gasteiger partial charge in [0.2, 0.25) is 0 Å². The Balaban J connectivity index is 2.37. The van der Waals surface area contributed by atoms with Crippen LogP contribution in [0.1, 0.15) is 33.6 Å². The van der Waals surface area contributed by atoms with E-state index in [9.17, 15) is 0 Å². The fourth-order valence-electron chi connectivity index (χ4n) is 1.23. The van der Waals surface area contributed by atoms with E-state index < -0.39 is 0 Å². The predicted octanol–water partition coefficient (Wildman–Crippen LogP) is 2.18. The van der Waals surface area contributed by atoms with Gasteiger partial charge in [0.1, 0.15) is 5.60 Å². The van der Waals surface area contributed by atoms with E-state index in [1.165, 1.54) is 12.8 Å². The van der Waals surface area contributed by atoms with Crippen molar-refractivity contribution in [2.45, 2.75) is 39.2 Å². The highest BCUT2D eigenvalue weighted by molar-refractivity contribution is 7.80. The molecule has 0 N–H and O–H groups in total. The summed E-state index contributed by atoms with van der Waals surface area (Å²) in [4.78, 5) is 2.14. The van der Waals surface area contributed by atoms with Crippen LogP contribution in [0, 0.1) is 0 Å². The first kappa shape index (κ1) is 9.78. The van der Waals surface area contributed by atoms with Gasteiger partial charge in [0, 0.05) is 13.1 Å². The summed E-state index contributed by atoms with van der Waals surface area (Å²) in [6.07, 6.45) is 2.49. The molecule has 0 atom stereocenters. The van der Waals surface area contributed by atoms with Crippen LogP contribution in [-0.2, 0) is 4.74 Å². The molecule has 0 amide bonds. The first-order valence-electron chi connectivity index (χ1n) is 4.47. The van der Waals surface area contributed by atoms with E-state index in [-0.39, 0.29) is 5.60 Å². The van der Waals surface area contributed by atoms with E-state index in [0.717, 1.165) is 13.1 Å². The van der Waals surface area contributed by atoms with Crippen LogP contribution in [0.2, 0.25) is 0 Å². The average Bonchev–Trinajstić information content (AvgIpc) is 2.32. The monoisotopic (exact) mass is 187 g/mol. The number of nitrogens with zero attached hydrogens (tertiary/aromatic N) is 1. The van der Waals surface area contributed by atoms with Crippen molar-refractivity contribution in [1.82, 2.24) is 4.90 Å². The predicted molar refractivity (Wildman–Crippen MR) is 54.2 cm³/mol. The molecule has 1 fully saturated rings. The SMILES string of the molecule is CC(C)(C)OC(=S)N1CCCC1. The lowest BCUT2D eigenvalue weighted by Gasteiger charge is -2.26. The van der Waals surface area contributed by atoms with Gasteiger partial charge in [0.15, 0.2) is 0 Å². The molecule has 0 saturated carbocycles. The molecule has 0 bridgehead atoms. The first-order chi connectivity index (χ1) is 5.49. The van der Waals surface area contributed by atoms with E-state index in [4.69, 9.17) is 17.0 Å². The van der Waals surface area contributed by atoms with Gasteiger partial charge in [-0.3, -0.25) is 0 Å². The molecule has 0 aromatic rings. The summed E-state index contributed by atoms with van der Waals surface area (Å²) in [7, 11) is 0. The average molecular weight is 187 g/mol. The molecule has 1 aliphatic heterocycles. The summed E-state index contributed by atoms with van der Waals surface area (Å²) in [6.45, 7) is 8.20. The Bertz CT molecular complexity index is 168. The molecular formula is C9H17NOS. The molecule has 0 spiro atoms. The van der Waals surface area contributed by atoms with Gasteiger partial charge in [-0.25, -0.2) is 0 Å². The number of thiocarbonyl (C=S) groups is 1. The third-order valence-corrected chi connectivity index (χ3v) is 2.10. The van der Waals surface area contributed by atoms with Crippen molar-refractivity contribution in [2.75, 3.05) is 13.1 Å². The van der Waals surface area contributed by atoms with Crippen LogP contribution in [-0.4, -0.2) is 28.8 Å². The molecule has 1 heterocycles. The van der Waals surface area contributed by atoms with E-state index >= 15 is 0 Å². The van der Waals surface area contributed by atoms with Gasteiger partial charge in [-0.15, -0.1) is 0 Å². The van der Waals surface area contributed by atoms with Gasteiger partial charge in [-0.2, -0.15) is 0 Å². The molecule has 1 saturated heterocycles. The summed E-state index contributed by atoms with van der Waals surface area (Å²) >= 11 is 5.17. The Morgan fingerprint density at radius 2 is 1.75 bits per heavy atom. The zero-order chi connectivity index (χ0) is 9.19. The van der Waals surface area contributed by atoms with Gasteiger partial charge in [-0.05, 0) is 45.8 Å². The third-order valence-electron chi connectivity index (χ3n) is 1.76. The smallest absolute Gasteiger partial charge is 0.259 e. The summed E-state index contributed by atoms with van der Waals surface area (Å²) < 4.78 is 5.58. The van der Waals surface area contributed by atoms with Crippen LogP contribution in [0.4, 0.5) is 0 Å². The lowest BCUT2D eigenvalue weighted by molar-refractivity contribution is 0.0977. The maximum absolute atomic E-state index is 5.58. The zero-order valence-corrected chi connectivity index (χ0v) is 8.91. The number of hydrogen-bond donors (Lipinski definition) is 0. The standard InChI is InChI=1S/C9H17NOS/c1-9(2,3)11-8(12)10-6-4-5-7-10/h4-7H2,1-3H3. The maximum Gasteiger partial charge on any atom is 0.259 e. The Morgan fingerprint density at radius 3 is 2.17 bits per heavy atom. The Hall–Kier alpha value is -0.310. The molecule has 12 heavy (non-hydrogen) atoms. The molecule has 0 aromatic carbocycles. The quantitative estimate of drug-likeness (QED) is 0.539. The largest absolute Gasteiger partial charge is 0.465 e. The molecule has 0 unspecified atom stereocenters. The molecule has 0 radical (unpaired) electrons. The lowest BCUT2D eigenvalue weighted by Crippen LogP contribution is -2.34. The molecule has 0 aliphatic carbocycles. The number of hydrogen-bond acceptors (Lipinski definition) is 2. The van der Waals surface area contributed by atoms with Gasteiger partial charge in [0.05, 0.1) is 0 Å². The van der Waals surface area contributed by atoms with Crippen LogP contribution in [0.25, 0.3) is 0 Å². The van der Waals surface area contributed by atoms with E-state index in [2.05, 4.69) is 4.90 Å². The van der Waals surface area contributed by atoms with Gasteiger partial charge in [-0.1, -0.05) is 0 Å². The highest BCUT2D eigenvalue weighted by Gasteiger charge is 2.20. The first-order valence-corrected chi connectivity index (χ1v) is 4.88. The molecule has 3 heteroatoms. The van der Waals surface area contributed by atoms with Gasteiger partial charge < -0.3 is 9.64 Å². The van der Waals surface area contributed by atoms with Crippen molar-refractivity contribution in [1.29, 1.82) is 0 Å². The molecule has 1 rings (SSSR count). The summed E-state index contributed by atoms with van der Waals surface area (Å²) in [5, 5.41) is 0.667. The second kappa shape index (κ2) is 3.60. The minimum atomic E-state index is -0.153. The van der Waals surface area contributed by atoms with Crippen LogP contribution in [0.3, 0.4) is 0 Å². The summed E-state index contributed by atoms with van der Waals surface area (Å²) in [5.41, 5.74) is -0.153. The fraction of sp³-hybridized carbons (Fsp3) is 0.889. The minimum Gasteiger partial charge on any atom is -0.465 e. The van der Waals surface area contributed by atoms with Crippen LogP contribution in [0.15, 0.2) is 0 Å². The van der Waals surface area contributed by atoms with Crippen LogP contribution >= 0.6 is 12.2 Å². The van der Waals surface area contributed by atoms with Gasteiger partial charge >= 0.3 is 0 Å². The topological polar surface area (TPSA) is 12.5 Å². The van der Waals surface area contributed by atoms with Crippen LogP contribution in [0.5, 0.6) is 0 Å². The van der Waals surface area contributed by atoms with Crippen molar-refractivity contribution in [3.63, 3.8) is 0 Å². The lowest BCUT2D eigenvalue weighted by atomic mass is 10.2. The second-order valence-corrected chi connectivity index (χ2v) is 4.52. The zero-order valence-electron chi connectivity index (χ0n) is 8.09. The molecule has 70 valence electrons. The third kappa shape index (κ3) is 2.97. The van der Waals surface area contributed by atoms with Crippen molar-refractivity contribution in [3.8, 4) is 0 Å². The van der Waals surface area contributed by atoms with Crippen molar-refractivity contribution >= 4 is 17.4 Å². The van der Waals surface area contributed by atoms with E-state index in [1.54, 1.807) is 0 Å². The Morgan fingerprint density at radius 1 is 1.25 bits per heavy atom. The van der Waals surface area contributed by atoms with E-state index in [0.29, 0.717) is 5.17 Å². The van der Waals surface area contributed by atoms with Gasteiger partial charge in [0.25, 0.3) is 5.17 Å². The maximum atomic E-state index is 5.58. The molecule has 1 aliphatic rings. The normalized spacial score (nSPS) is 18.1. The number of likely N-dealkylation sites (tertiary alicyclic amines) is 1. The molecule has 2 nitrogen and oxygen atoms in total. The number of rotatable bonds is 0. The van der Waals surface area contributed by atoms with Crippen molar-refractivity contribution in [3.05, 3.63) is 0 Å². The Labute approximate surface area is 79.9 Å². The van der Waals surface area contributed by atoms with E-state index in [1.807, 2.05) is 20.8 Å². The van der Waals surface area contributed by atoms with Crippen molar-refractivity contribution in [2.24, 2.45) is 0 Å². The van der Waals surface area contributed by atoms with Crippen molar-refractivity contribution < 1.29 is 4.74 Å². The fourth-order valence-corrected chi connectivity index (χ4v) is 1.66. The molecule has 0 aromatic heterocycles. The highest BCUT2D eigenvalue weighted by Crippen LogP contribution is 2.14. The summed E-state index contributed by atoms with van der Waals surface area (Å²) in [5.74, 6) is 0. The van der Waals surface area contributed by atoms with Crippen LogP contribution < -0.4 is 0 Å². The second-order valence-electron chi connectivity index (χ2n) is 4.17.